The van der Waals surface area contributed by atoms with E-state index >= 15 is 0 Å². The van der Waals surface area contributed by atoms with Crippen molar-refractivity contribution in [3.05, 3.63) is 55.4 Å². The van der Waals surface area contributed by atoms with Crippen molar-refractivity contribution in [3.63, 3.8) is 0 Å². The molecule has 1 aromatic heterocycles. The monoisotopic (exact) mass is 304 g/mol. The molecule has 1 nitrogen and oxygen atoms in total. The maximum absolute atomic E-state index is 13.5. The molecule has 0 spiro atoms. The van der Waals surface area contributed by atoms with E-state index in [-0.39, 0.29) is 10.0 Å². The van der Waals surface area contributed by atoms with E-state index in [4.69, 9.17) is 23.2 Å². The van der Waals surface area contributed by atoms with Crippen molar-refractivity contribution >= 4 is 34.5 Å². The predicted molar refractivity (Wildman–Crippen MR) is 74.1 cm³/mol. The van der Waals surface area contributed by atoms with Crippen LogP contribution in [0.25, 0.3) is 0 Å². The Hall–Kier alpha value is -0.610. The molecule has 0 fully saturated rings. The number of aryl methyl sites for hydroxylation is 1. The average Bonchev–Trinajstić information content (AvgIpc) is 2.70. The van der Waals surface area contributed by atoms with E-state index in [2.05, 4.69) is 0 Å². The molecule has 18 heavy (non-hydrogen) atoms. The van der Waals surface area contributed by atoms with Gasteiger partial charge < -0.3 is 5.11 Å². The quantitative estimate of drug-likeness (QED) is 0.793. The summed E-state index contributed by atoms with van der Waals surface area (Å²) < 4.78 is 13.5. The van der Waals surface area contributed by atoms with Gasteiger partial charge in [-0.2, -0.15) is 0 Å². The van der Waals surface area contributed by atoms with Gasteiger partial charge in [0.15, 0.2) is 0 Å². The zero-order valence-corrected chi connectivity index (χ0v) is 12.1. The maximum atomic E-state index is 13.5. The maximum Gasteiger partial charge on any atom is 0.142 e. The first-order valence-corrected chi connectivity index (χ1v) is 6.84. The molecule has 0 bridgehead atoms. The third-order valence-electron chi connectivity index (χ3n) is 2.75. The molecule has 0 radical (unpaired) electrons. The predicted octanol–water partition coefficient (Wildman–Crippen LogP) is 4.76. The lowest BCUT2D eigenvalue weighted by Crippen LogP contribution is -2.22. The topological polar surface area (TPSA) is 20.2 Å². The molecule has 2 rings (SSSR count). The Labute approximate surface area is 119 Å². The van der Waals surface area contributed by atoms with Gasteiger partial charge in [-0.1, -0.05) is 23.2 Å². The largest absolute Gasteiger partial charge is 0.380 e. The average molecular weight is 305 g/mol. The fourth-order valence-electron chi connectivity index (χ4n) is 1.72. The van der Waals surface area contributed by atoms with E-state index < -0.39 is 11.4 Å². The fourth-order valence-corrected chi connectivity index (χ4v) is 3.22. The molecule has 0 saturated heterocycles. The highest BCUT2D eigenvalue weighted by Crippen LogP contribution is 2.39. The smallest absolute Gasteiger partial charge is 0.142 e. The highest BCUT2D eigenvalue weighted by atomic mass is 35.5. The van der Waals surface area contributed by atoms with Gasteiger partial charge in [0.25, 0.3) is 0 Å². The number of thiophene rings is 1. The Morgan fingerprint density at radius 2 is 1.89 bits per heavy atom. The van der Waals surface area contributed by atoms with Crippen molar-refractivity contribution in [1.29, 1.82) is 0 Å². The minimum Gasteiger partial charge on any atom is -0.380 e. The summed E-state index contributed by atoms with van der Waals surface area (Å²) in [5.74, 6) is -0.593. The van der Waals surface area contributed by atoms with Crippen LogP contribution in [0.3, 0.4) is 0 Å². The number of halogens is 3. The molecule has 0 saturated carbocycles. The van der Waals surface area contributed by atoms with Gasteiger partial charge in [-0.3, -0.25) is 0 Å². The summed E-state index contributed by atoms with van der Waals surface area (Å²) >= 11 is 13.1. The molecule has 0 aliphatic rings. The van der Waals surface area contributed by atoms with Crippen molar-refractivity contribution < 1.29 is 9.50 Å². The first kappa shape index (κ1) is 13.8. The first-order valence-electron chi connectivity index (χ1n) is 5.26. The summed E-state index contributed by atoms with van der Waals surface area (Å²) in [6, 6.07) is 6.19. The molecule has 5 heteroatoms. The van der Waals surface area contributed by atoms with E-state index in [1.54, 1.807) is 6.92 Å². The Kier molecular flexibility index (Phi) is 3.70. The van der Waals surface area contributed by atoms with Crippen molar-refractivity contribution in [2.75, 3.05) is 0 Å². The van der Waals surface area contributed by atoms with Gasteiger partial charge in [0.05, 0.1) is 5.02 Å². The Balaban J connectivity index is 2.57. The van der Waals surface area contributed by atoms with E-state index in [0.29, 0.717) is 10.4 Å². The second-order valence-electron chi connectivity index (χ2n) is 4.23. The van der Waals surface area contributed by atoms with Crippen LogP contribution in [0.15, 0.2) is 24.3 Å². The summed E-state index contributed by atoms with van der Waals surface area (Å²) in [7, 11) is 0. The number of benzene rings is 1. The van der Waals surface area contributed by atoms with Gasteiger partial charge in [0, 0.05) is 20.3 Å². The van der Waals surface area contributed by atoms with Gasteiger partial charge in [-0.05, 0) is 38.1 Å². The lowest BCUT2D eigenvalue weighted by Gasteiger charge is -2.24. The van der Waals surface area contributed by atoms with Crippen molar-refractivity contribution in [3.8, 4) is 0 Å². The van der Waals surface area contributed by atoms with Crippen LogP contribution in [-0.4, -0.2) is 5.11 Å². The molecule has 1 unspecified atom stereocenters. The van der Waals surface area contributed by atoms with Crippen LogP contribution < -0.4 is 0 Å². The van der Waals surface area contributed by atoms with Gasteiger partial charge >= 0.3 is 0 Å². The summed E-state index contributed by atoms with van der Waals surface area (Å²) in [5.41, 5.74) is -1.02. The highest BCUT2D eigenvalue weighted by Gasteiger charge is 2.30. The van der Waals surface area contributed by atoms with Crippen LogP contribution in [0.1, 0.15) is 22.2 Å². The number of hydrogen-bond donors (Lipinski definition) is 1. The minimum atomic E-state index is -1.33. The van der Waals surface area contributed by atoms with Crippen LogP contribution in [0.4, 0.5) is 4.39 Å². The molecular formula is C13H11Cl2FOS. The van der Waals surface area contributed by atoms with Gasteiger partial charge in [0.2, 0.25) is 0 Å². The van der Waals surface area contributed by atoms with E-state index in [1.807, 2.05) is 19.1 Å². The lowest BCUT2D eigenvalue weighted by atomic mass is 9.94. The minimum absolute atomic E-state index is 0.0538. The summed E-state index contributed by atoms with van der Waals surface area (Å²) in [5, 5.41) is 10.8. The van der Waals surface area contributed by atoms with Gasteiger partial charge in [-0.15, -0.1) is 11.3 Å². The van der Waals surface area contributed by atoms with E-state index in [0.717, 1.165) is 4.88 Å². The standard InChI is InChI=1S/C13H11Cl2FOS/c1-7-3-4-12(18-7)13(2,17)8-5-11(16)10(15)6-9(8)14/h3-6,17H,1-2H3. The molecule has 1 heterocycles. The van der Waals surface area contributed by atoms with Crippen LogP contribution in [0.2, 0.25) is 10.0 Å². The second-order valence-corrected chi connectivity index (χ2v) is 6.33. The van der Waals surface area contributed by atoms with Crippen molar-refractivity contribution in [2.45, 2.75) is 19.4 Å². The lowest BCUT2D eigenvalue weighted by molar-refractivity contribution is 0.106. The third-order valence-corrected chi connectivity index (χ3v) is 4.57. The number of hydrogen-bond acceptors (Lipinski definition) is 2. The Morgan fingerprint density at radius 1 is 1.22 bits per heavy atom. The van der Waals surface area contributed by atoms with E-state index in [1.165, 1.54) is 23.5 Å². The zero-order chi connectivity index (χ0) is 13.5. The van der Waals surface area contributed by atoms with Gasteiger partial charge in [-0.25, -0.2) is 4.39 Å². The number of aliphatic hydroxyl groups is 1. The molecular weight excluding hydrogens is 294 g/mol. The second kappa shape index (κ2) is 4.82. The Bertz CT molecular complexity index is 593. The normalized spacial score (nSPS) is 14.6. The third kappa shape index (κ3) is 2.41. The first-order chi connectivity index (χ1) is 8.32. The summed E-state index contributed by atoms with van der Waals surface area (Å²) in [6.07, 6.45) is 0. The van der Waals surface area contributed by atoms with E-state index in [9.17, 15) is 9.50 Å². The van der Waals surface area contributed by atoms with Crippen molar-refractivity contribution in [1.82, 2.24) is 0 Å². The van der Waals surface area contributed by atoms with Gasteiger partial charge in [0.1, 0.15) is 11.4 Å². The van der Waals surface area contributed by atoms with Crippen LogP contribution in [-0.2, 0) is 5.60 Å². The van der Waals surface area contributed by atoms with Crippen molar-refractivity contribution in [2.24, 2.45) is 0 Å². The van der Waals surface area contributed by atoms with Crippen LogP contribution in [0, 0.1) is 12.7 Å². The molecule has 1 aromatic carbocycles. The summed E-state index contributed by atoms with van der Waals surface area (Å²) in [4.78, 5) is 1.78. The van der Waals surface area contributed by atoms with Crippen LogP contribution in [0.5, 0.6) is 0 Å². The molecule has 0 aliphatic carbocycles. The molecule has 1 atom stereocenters. The molecule has 2 aromatic rings. The fraction of sp³-hybridized carbons (Fsp3) is 0.231. The highest BCUT2D eigenvalue weighted by molar-refractivity contribution is 7.12. The molecule has 0 aliphatic heterocycles. The summed E-state index contributed by atoms with van der Waals surface area (Å²) in [6.45, 7) is 3.53. The van der Waals surface area contributed by atoms with Crippen LogP contribution >= 0.6 is 34.5 Å². The number of rotatable bonds is 2. The molecule has 1 N–H and O–H groups in total. The SMILES string of the molecule is Cc1ccc(C(C)(O)c2cc(F)c(Cl)cc2Cl)s1. The zero-order valence-electron chi connectivity index (χ0n) is 9.80. The molecule has 0 amide bonds. The molecule has 96 valence electrons. The Morgan fingerprint density at radius 3 is 2.44 bits per heavy atom.